The Kier molecular flexibility index (Phi) is 7.71. The van der Waals surface area contributed by atoms with Gasteiger partial charge in [0, 0.05) is 25.2 Å². The summed E-state index contributed by atoms with van der Waals surface area (Å²) in [5, 5.41) is 3.95. The molecule has 1 aliphatic rings. The Morgan fingerprint density at radius 1 is 1.25 bits per heavy atom. The summed E-state index contributed by atoms with van der Waals surface area (Å²) in [7, 11) is 0. The van der Waals surface area contributed by atoms with E-state index in [0.717, 1.165) is 42.7 Å². The number of hydrogen-bond acceptors (Lipinski definition) is 5. The zero-order valence-corrected chi connectivity index (χ0v) is 17.6. The minimum absolute atomic E-state index is 0.0533. The molecule has 1 N–H and O–H groups in total. The van der Waals surface area contributed by atoms with Crippen LogP contribution in [0, 0.1) is 5.92 Å². The van der Waals surface area contributed by atoms with Crippen LogP contribution >= 0.6 is 11.8 Å². The number of benzene rings is 1. The minimum atomic E-state index is 0.0533. The number of hydrogen-bond donors (Lipinski definition) is 1. The number of nitrogens with zero attached hydrogens (tertiary/aromatic N) is 3. The Morgan fingerprint density at radius 3 is 2.75 bits per heavy atom. The third-order valence-electron chi connectivity index (χ3n) is 5.20. The predicted octanol–water partition coefficient (Wildman–Crippen LogP) is 3.94. The third-order valence-corrected chi connectivity index (χ3v) is 6.13. The molecule has 1 aromatic carbocycles. The van der Waals surface area contributed by atoms with Crippen LogP contribution in [0.3, 0.4) is 0 Å². The number of aryl methyl sites for hydroxylation is 1. The van der Waals surface area contributed by atoms with Crippen LogP contribution in [-0.2, 0) is 11.2 Å². The van der Waals surface area contributed by atoms with Gasteiger partial charge in [0.1, 0.15) is 17.2 Å². The van der Waals surface area contributed by atoms with Gasteiger partial charge in [-0.05, 0) is 44.1 Å². The Labute approximate surface area is 172 Å². The lowest BCUT2D eigenvalue weighted by Gasteiger charge is -2.31. The van der Waals surface area contributed by atoms with Crippen molar-refractivity contribution < 1.29 is 4.79 Å². The molecule has 0 unspecified atom stereocenters. The molecular formula is C22H30N4OS. The highest BCUT2D eigenvalue weighted by Crippen LogP contribution is 2.24. The molecule has 0 saturated carbocycles. The van der Waals surface area contributed by atoms with E-state index in [0.29, 0.717) is 5.75 Å². The lowest BCUT2D eigenvalue weighted by atomic mass is 9.99. The number of rotatable bonds is 8. The van der Waals surface area contributed by atoms with E-state index in [9.17, 15) is 4.79 Å². The van der Waals surface area contributed by atoms with Gasteiger partial charge in [0.2, 0.25) is 5.91 Å². The molecule has 1 atom stereocenters. The largest absolute Gasteiger partial charge is 0.356 e. The number of anilines is 1. The van der Waals surface area contributed by atoms with Gasteiger partial charge in [-0.15, -0.1) is 0 Å². The molecule has 1 aromatic heterocycles. The van der Waals surface area contributed by atoms with Crippen molar-refractivity contribution in [2.24, 2.45) is 5.92 Å². The van der Waals surface area contributed by atoms with Gasteiger partial charge in [0.25, 0.3) is 0 Å². The molecule has 2 heterocycles. The Bertz CT molecular complexity index is 747. The second-order valence-electron chi connectivity index (χ2n) is 7.67. The summed E-state index contributed by atoms with van der Waals surface area (Å²) >= 11 is 1.47. The van der Waals surface area contributed by atoms with E-state index in [1.165, 1.54) is 30.2 Å². The fraction of sp³-hybridized carbons (Fsp3) is 0.500. The first kappa shape index (κ1) is 20.6. The van der Waals surface area contributed by atoms with Crippen molar-refractivity contribution >= 4 is 23.5 Å². The molecule has 6 heteroatoms. The first-order valence-electron chi connectivity index (χ1n) is 10.1. The van der Waals surface area contributed by atoms with Crippen LogP contribution < -0.4 is 10.2 Å². The van der Waals surface area contributed by atoms with Crippen LogP contribution in [0.2, 0.25) is 0 Å². The van der Waals surface area contributed by atoms with E-state index in [-0.39, 0.29) is 11.9 Å². The van der Waals surface area contributed by atoms with Crippen LogP contribution in [0.25, 0.3) is 0 Å². The standard InChI is InChI=1S/C22H30N4OS/c1-17-10-12-26(13-11-17)20-14-22(24-16-23-20)28-15-21(27)25-18(2)8-9-19-6-4-3-5-7-19/h3-7,14,16-18H,8-13,15H2,1-2H3,(H,25,27)/t18-/m0/s1. The van der Waals surface area contributed by atoms with Crippen molar-refractivity contribution in [2.75, 3.05) is 23.7 Å². The maximum absolute atomic E-state index is 12.3. The molecule has 1 fully saturated rings. The fourth-order valence-corrected chi connectivity index (χ4v) is 4.05. The van der Waals surface area contributed by atoms with Crippen molar-refractivity contribution in [3.05, 3.63) is 48.3 Å². The molecule has 5 nitrogen and oxygen atoms in total. The lowest BCUT2D eigenvalue weighted by molar-refractivity contribution is -0.119. The maximum atomic E-state index is 12.3. The average molecular weight is 399 g/mol. The summed E-state index contributed by atoms with van der Waals surface area (Å²) in [6.45, 7) is 6.45. The number of thioether (sulfide) groups is 1. The van der Waals surface area contributed by atoms with E-state index in [1.54, 1.807) is 6.33 Å². The van der Waals surface area contributed by atoms with Gasteiger partial charge in [-0.3, -0.25) is 4.79 Å². The zero-order chi connectivity index (χ0) is 19.8. The monoisotopic (exact) mass is 398 g/mol. The summed E-state index contributed by atoms with van der Waals surface area (Å²) in [5.74, 6) is 2.20. The smallest absolute Gasteiger partial charge is 0.230 e. The molecule has 2 aromatic rings. The number of nitrogens with one attached hydrogen (secondary N) is 1. The summed E-state index contributed by atoms with van der Waals surface area (Å²) < 4.78 is 0. The van der Waals surface area contributed by atoms with Crippen LogP contribution in [0.1, 0.15) is 38.7 Å². The van der Waals surface area contributed by atoms with Crippen molar-refractivity contribution in [3.63, 3.8) is 0 Å². The van der Waals surface area contributed by atoms with E-state index in [4.69, 9.17) is 0 Å². The van der Waals surface area contributed by atoms with Crippen LogP contribution in [0.15, 0.2) is 47.8 Å². The minimum Gasteiger partial charge on any atom is -0.356 e. The van der Waals surface area contributed by atoms with E-state index in [1.807, 2.05) is 12.1 Å². The zero-order valence-electron chi connectivity index (χ0n) is 16.8. The number of carbonyl (C=O) groups excluding carboxylic acids is 1. The van der Waals surface area contributed by atoms with Crippen molar-refractivity contribution in [3.8, 4) is 0 Å². The predicted molar refractivity (Wildman–Crippen MR) is 116 cm³/mol. The molecular weight excluding hydrogens is 368 g/mol. The van der Waals surface area contributed by atoms with E-state index < -0.39 is 0 Å². The second-order valence-corrected chi connectivity index (χ2v) is 8.66. The van der Waals surface area contributed by atoms with Gasteiger partial charge in [-0.25, -0.2) is 9.97 Å². The van der Waals surface area contributed by atoms with Gasteiger partial charge < -0.3 is 10.2 Å². The highest BCUT2D eigenvalue weighted by Gasteiger charge is 2.17. The van der Waals surface area contributed by atoms with Gasteiger partial charge in [-0.1, -0.05) is 49.0 Å². The molecule has 150 valence electrons. The molecule has 0 radical (unpaired) electrons. The molecule has 3 rings (SSSR count). The molecule has 0 aliphatic carbocycles. The number of aromatic nitrogens is 2. The van der Waals surface area contributed by atoms with Gasteiger partial charge in [-0.2, -0.15) is 0 Å². The number of amides is 1. The maximum Gasteiger partial charge on any atom is 0.230 e. The normalized spacial score (nSPS) is 16.0. The van der Waals surface area contributed by atoms with Crippen molar-refractivity contribution in [2.45, 2.75) is 50.6 Å². The molecule has 0 spiro atoms. The summed E-state index contributed by atoms with van der Waals surface area (Å²) in [6.07, 6.45) is 5.92. The van der Waals surface area contributed by atoms with Gasteiger partial charge >= 0.3 is 0 Å². The third kappa shape index (κ3) is 6.51. The quantitative estimate of drug-likeness (QED) is 0.539. The Balaban J connectivity index is 1.42. The average Bonchev–Trinajstić information content (AvgIpc) is 2.72. The fourth-order valence-electron chi connectivity index (χ4n) is 3.38. The van der Waals surface area contributed by atoms with E-state index >= 15 is 0 Å². The molecule has 28 heavy (non-hydrogen) atoms. The topological polar surface area (TPSA) is 58.1 Å². The van der Waals surface area contributed by atoms with Crippen LogP contribution in [-0.4, -0.2) is 40.8 Å². The summed E-state index contributed by atoms with van der Waals surface area (Å²) in [4.78, 5) is 23.3. The van der Waals surface area contributed by atoms with Crippen LogP contribution in [0.5, 0.6) is 0 Å². The molecule has 1 saturated heterocycles. The first-order chi connectivity index (χ1) is 13.6. The molecule has 0 bridgehead atoms. The van der Waals surface area contributed by atoms with Gasteiger partial charge in [0.05, 0.1) is 5.75 Å². The SMILES string of the molecule is CC1CCN(c2cc(SCC(=O)N[C@@H](C)CCc3ccccc3)ncn2)CC1. The Morgan fingerprint density at radius 2 is 2.00 bits per heavy atom. The van der Waals surface area contributed by atoms with Gasteiger partial charge in [0.15, 0.2) is 0 Å². The molecule has 1 aliphatic heterocycles. The van der Waals surface area contributed by atoms with Crippen LogP contribution in [0.4, 0.5) is 5.82 Å². The highest BCUT2D eigenvalue weighted by molar-refractivity contribution is 7.99. The summed E-state index contributed by atoms with van der Waals surface area (Å²) in [5.41, 5.74) is 1.30. The molecule has 1 amide bonds. The van der Waals surface area contributed by atoms with E-state index in [2.05, 4.69) is 58.3 Å². The summed E-state index contributed by atoms with van der Waals surface area (Å²) in [6, 6.07) is 12.5. The first-order valence-corrected chi connectivity index (χ1v) is 11.1. The van der Waals surface area contributed by atoms with Crippen molar-refractivity contribution in [1.82, 2.24) is 15.3 Å². The van der Waals surface area contributed by atoms with Crippen molar-refractivity contribution in [1.29, 1.82) is 0 Å². The highest BCUT2D eigenvalue weighted by atomic mass is 32.2. The second kappa shape index (κ2) is 10.5. The number of piperidine rings is 1. The lowest BCUT2D eigenvalue weighted by Crippen LogP contribution is -2.34. The Hall–Kier alpha value is -2.08. The number of carbonyl (C=O) groups is 1.